The molecule has 0 spiro atoms. The highest BCUT2D eigenvalue weighted by Gasteiger charge is 2.18. The summed E-state index contributed by atoms with van der Waals surface area (Å²) in [6, 6.07) is 22.1. The molecule has 1 aliphatic rings. The Morgan fingerprint density at radius 1 is 0.767 bits per heavy atom. The van der Waals surface area contributed by atoms with Crippen molar-refractivity contribution in [3.8, 4) is 11.5 Å². The Bertz CT molecular complexity index is 1100. The molecule has 152 valence electrons. The number of ether oxygens (including phenoxy) is 2. The van der Waals surface area contributed by atoms with Crippen LogP contribution in [0.2, 0.25) is 0 Å². The molecule has 0 saturated carbocycles. The van der Waals surface area contributed by atoms with E-state index in [1.54, 1.807) is 14.2 Å². The molecule has 5 heteroatoms. The standard InChI is InChI=1S/C25H25N3O2/c1-16(2)19-9-14-23-22(15-19)24(17-5-10-20(29-3)11-6-17)27-28-25(26-23)18-7-12-21(30-4)13-8-18/h5-16H,1-4H3,(H,26,28). The normalized spacial score (nSPS) is 13.0. The summed E-state index contributed by atoms with van der Waals surface area (Å²) in [5, 5.41) is 4.75. The lowest BCUT2D eigenvalue weighted by Crippen LogP contribution is -2.19. The number of hydrogen-bond acceptors (Lipinski definition) is 5. The Morgan fingerprint density at radius 3 is 1.93 bits per heavy atom. The number of hydrazone groups is 1. The van der Waals surface area contributed by atoms with Crippen molar-refractivity contribution in [3.63, 3.8) is 0 Å². The van der Waals surface area contributed by atoms with Crippen LogP contribution in [0.4, 0.5) is 5.69 Å². The fraction of sp³-hybridized carbons (Fsp3) is 0.200. The van der Waals surface area contributed by atoms with E-state index in [0.29, 0.717) is 11.8 Å². The van der Waals surface area contributed by atoms with Crippen LogP contribution >= 0.6 is 0 Å². The summed E-state index contributed by atoms with van der Waals surface area (Å²) in [6.45, 7) is 4.37. The molecule has 3 aromatic carbocycles. The van der Waals surface area contributed by atoms with Gasteiger partial charge in [0.15, 0.2) is 5.84 Å². The first-order valence-electron chi connectivity index (χ1n) is 9.94. The van der Waals surface area contributed by atoms with Crippen LogP contribution in [0.15, 0.2) is 76.8 Å². The van der Waals surface area contributed by atoms with E-state index >= 15 is 0 Å². The molecule has 30 heavy (non-hydrogen) atoms. The second-order valence-corrected chi connectivity index (χ2v) is 7.42. The third-order valence-electron chi connectivity index (χ3n) is 5.18. The predicted molar refractivity (Wildman–Crippen MR) is 121 cm³/mol. The number of nitrogens with one attached hydrogen (secondary N) is 1. The van der Waals surface area contributed by atoms with E-state index in [-0.39, 0.29) is 0 Å². The first-order chi connectivity index (χ1) is 14.6. The molecule has 1 N–H and O–H groups in total. The van der Waals surface area contributed by atoms with Crippen LogP contribution in [0.25, 0.3) is 0 Å². The number of fused-ring (bicyclic) bond motifs is 1. The van der Waals surface area contributed by atoms with Gasteiger partial charge >= 0.3 is 0 Å². The average Bonchev–Trinajstić information content (AvgIpc) is 2.98. The Kier molecular flexibility index (Phi) is 5.53. The van der Waals surface area contributed by atoms with Crippen LogP contribution in [-0.2, 0) is 0 Å². The largest absolute Gasteiger partial charge is 0.497 e. The quantitative estimate of drug-likeness (QED) is 0.637. The molecule has 0 unspecified atom stereocenters. The topological polar surface area (TPSA) is 55.2 Å². The average molecular weight is 399 g/mol. The molecule has 0 amide bonds. The molecule has 0 radical (unpaired) electrons. The molecule has 3 aromatic rings. The molecular weight excluding hydrogens is 374 g/mol. The fourth-order valence-corrected chi connectivity index (χ4v) is 3.36. The maximum Gasteiger partial charge on any atom is 0.154 e. The van der Waals surface area contributed by atoms with E-state index in [1.165, 1.54) is 5.56 Å². The van der Waals surface area contributed by atoms with Crippen LogP contribution in [-0.4, -0.2) is 25.8 Å². The summed E-state index contributed by atoms with van der Waals surface area (Å²) in [5.74, 6) is 2.72. The summed E-state index contributed by atoms with van der Waals surface area (Å²) in [5.41, 5.74) is 9.09. The number of hydrogen-bond donors (Lipinski definition) is 1. The highest BCUT2D eigenvalue weighted by atomic mass is 16.5. The number of rotatable bonds is 5. The number of aliphatic imine (C=N–C) groups is 1. The molecule has 1 aliphatic heterocycles. The number of methoxy groups -OCH3 is 2. The minimum absolute atomic E-state index is 0.411. The third-order valence-corrected chi connectivity index (χ3v) is 5.18. The van der Waals surface area contributed by atoms with Gasteiger partial charge < -0.3 is 9.47 Å². The van der Waals surface area contributed by atoms with Crippen molar-refractivity contribution >= 4 is 17.2 Å². The highest BCUT2D eigenvalue weighted by Crippen LogP contribution is 2.30. The maximum atomic E-state index is 5.31. The molecular formula is C25H25N3O2. The van der Waals surface area contributed by atoms with E-state index in [0.717, 1.165) is 39.6 Å². The minimum atomic E-state index is 0.411. The third kappa shape index (κ3) is 3.92. The molecule has 0 bridgehead atoms. The minimum Gasteiger partial charge on any atom is -0.497 e. The first-order valence-corrected chi connectivity index (χ1v) is 9.94. The van der Waals surface area contributed by atoms with Gasteiger partial charge in [0.25, 0.3) is 0 Å². The fourth-order valence-electron chi connectivity index (χ4n) is 3.36. The molecule has 1 heterocycles. The van der Waals surface area contributed by atoms with Crippen molar-refractivity contribution in [2.45, 2.75) is 19.8 Å². The SMILES string of the molecule is COc1ccc(C2=Nc3ccc(C(C)C)cc3C(c3ccc(OC)cc3)=NN2)cc1. The molecule has 4 rings (SSSR count). The Balaban J connectivity index is 1.82. The van der Waals surface area contributed by atoms with Gasteiger partial charge in [-0.3, -0.25) is 5.43 Å². The van der Waals surface area contributed by atoms with Gasteiger partial charge in [0.1, 0.15) is 11.5 Å². The highest BCUT2D eigenvalue weighted by molar-refractivity contribution is 6.18. The van der Waals surface area contributed by atoms with Gasteiger partial charge in [0, 0.05) is 16.7 Å². The Hall–Kier alpha value is -3.60. The van der Waals surface area contributed by atoms with Gasteiger partial charge in [0.2, 0.25) is 0 Å². The van der Waals surface area contributed by atoms with Crippen molar-refractivity contribution in [1.29, 1.82) is 0 Å². The summed E-state index contributed by atoms with van der Waals surface area (Å²) < 4.78 is 10.6. The van der Waals surface area contributed by atoms with E-state index < -0.39 is 0 Å². The van der Waals surface area contributed by atoms with Crippen molar-refractivity contribution in [2.75, 3.05) is 14.2 Å². The monoisotopic (exact) mass is 399 g/mol. The lowest BCUT2D eigenvalue weighted by Gasteiger charge is -2.12. The summed E-state index contributed by atoms with van der Waals surface area (Å²) in [7, 11) is 3.32. The maximum absolute atomic E-state index is 5.31. The molecule has 0 aliphatic carbocycles. The zero-order valence-electron chi connectivity index (χ0n) is 17.6. The molecule has 0 fully saturated rings. The van der Waals surface area contributed by atoms with Crippen LogP contribution in [0.3, 0.4) is 0 Å². The van der Waals surface area contributed by atoms with Crippen molar-refractivity contribution in [1.82, 2.24) is 5.43 Å². The van der Waals surface area contributed by atoms with Gasteiger partial charge in [-0.1, -0.05) is 19.9 Å². The van der Waals surface area contributed by atoms with Crippen LogP contribution in [0.5, 0.6) is 11.5 Å². The Labute approximate surface area is 177 Å². The van der Waals surface area contributed by atoms with Gasteiger partial charge in [-0.05, 0) is 72.1 Å². The second-order valence-electron chi connectivity index (χ2n) is 7.42. The lowest BCUT2D eigenvalue weighted by molar-refractivity contribution is 0.414. The van der Waals surface area contributed by atoms with E-state index in [4.69, 9.17) is 19.6 Å². The van der Waals surface area contributed by atoms with E-state index in [2.05, 4.69) is 37.5 Å². The lowest BCUT2D eigenvalue weighted by atomic mass is 9.95. The predicted octanol–water partition coefficient (Wildman–Crippen LogP) is 5.26. The van der Waals surface area contributed by atoms with Crippen molar-refractivity contribution < 1.29 is 9.47 Å². The first kappa shape index (κ1) is 19.7. The van der Waals surface area contributed by atoms with Crippen LogP contribution < -0.4 is 14.9 Å². The number of benzene rings is 3. The van der Waals surface area contributed by atoms with Gasteiger partial charge in [0.05, 0.1) is 25.6 Å². The van der Waals surface area contributed by atoms with Gasteiger partial charge in [-0.25, -0.2) is 4.99 Å². The Morgan fingerprint density at radius 2 is 1.37 bits per heavy atom. The molecule has 0 aromatic heterocycles. The van der Waals surface area contributed by atoms with E-state index in [9.17, 15) is 0 Å². The second kappa shape index (κ2) is 8.41. The molecule has 0 saturated heterocycles. The van der Waals surface area contributed by atoms with Crippen molar-refractivity contribution in [3.05, 3.63) is 89.0 Å². The van der Waals surface area contributed by atoms with Crippen LogP contribution in [0, 0.1) is 0 Å². The molecule has 5 nitrogen and oxygen atoms in total. The van der Waals surface area contributed by atoms with Crippen molar-refractivity contribution in [2.24, 2.45) is 10.1 Å². The van der Waals surface area contributed by atoms with Gasteiger partial charge in [-0.2, -0.15) is 5.10 Å². The van der Waals surface area contributed by atoms with Gasteiger partial charge in [-0.15, -0.1) is 0 Å². The zero-order chi connectivity index (χ0) is 21.1. The van der Waals surface area contributed by atoms with Crippen LogP contribution in [0.1, 0.15) is 42.0 Å². The molecule has 0 atom stereocenters. The smallest absolute Gasteiger partial charge is 0.154 e. The summed E-state index contributed by atoms with van der Waals surface area (Å²) in [6.07, 6.45) is 0. The zero-order valence-corrected chi connectivity index (χ0v) is 17.6. The number of nitrogens with zero attached hydrogens (tertiary/aromatic N) is 2. The summed E-state index contributed by atoms with van der Waals surface area (Å²) >= 11 is 0. The number of amidine groups is 1. The van der Waals surface area contributed by atoms with E-state index in [1.807, 2.05) is 48.5 Å². The summed E-state index contributed by atoms with van der Waals surface area (Å²) in [4.78, 5) is 4.90.